The monoisotopic (exact) mass is 374 g/mol. The number of carbonyl (C=O) groups is 1. The third-order valence-electron chi connectivity index (χ3n) is 7.25. The number of hydrogen-bond acceptors (Lipinski definition) is 3. The van der Waals surface area contributed by atoms with Gasteiger partial charge in [-0.1, -0.05) is 54.6 Å². The number of Topliss-reactive ketones (excluding diaryl/α,β-unsaturated/α-hetero) is 1. The number of carbonyl (C=O) groups excluding carboxylic acids is 1. The van der Waals surface area contributed by atoms with Gasteiger partial charge in [0.05, 0.1) is 0 Å². The van der Waals surface area contributed by atoms with Crippen LogP contribution in [0.15, 0.2) is 54.6 Å². The Hall–Kier alpha value is -1.97. The zero-order valence-corrected chi connectivity index (χ0v) is 16.6. The first kappa shape index (κ1) is 18.1. The van der Waals surface area contributed by atoms with Crippen LogP contribution in [0.25, 0.3) is 0 Å². The number of benzene rings is 2. The summed E-state index contributed by atoms with van der Waals surface area (Å²) < 4.78 is 0. The average molecular weight is 375 g/mol. The van der Waals surface area contributed by atoms with Crippen molar-refractivity contribution in [2.75, 3.05) is 32.7 Å². The van der Waals surface area contributed by atoms with Crippen molar-refractivity contribution in [1.29, 1.82) is 0 Å². The Morgan fingerprint density at radius 2 is 1.64 bits per heavy atom. The topological polar surface area (TPSA) is 23.6 Å². The lowest BCUT2D eigenvalue weighted by atomic mass is 9.73. The molecule has 0 radical (unpaired) electrons. The van der Waals surface area contributed by atoms with Gasteiger partial charge in [-0.3, -0.25) is 9.69 Å². The summed E-state index contributed by atoms with van der Waals surface area (Å²) in [5.74, 6) is 1.15. The molecule has 3 aliphatic rings. The van der Waals surface area contributed by atoms with Crippen LogP contribution >= 0.6 is 0 Å². The molecule has 1 spiro atoms. The van der Waals surface area contributed by atoms with Gasteiger partial charge in [0, 0.05) is 37.0 Å². The molecule has 1 aliphatic carbocycles. The van der Waals surface area contributed by atoms with E-state index in [2.05, 4.69) is 52.3 Å². The van der Waals surface area contributed by atoms with Crippen LogP contribution in [-0.2, 0) is 12.0 Å². The van der Waals surface area contributed by atoms with Crippen molar-refractivity contribution in [2.24, 2.45) is 5.92 Å². The summed E-state index contributed by atoms with van der Waals surface area (Å²) >= 11 is 0. The first-order chi connectivity index (χ1) is 13.7. The fourth-order valence-corrected chi connectivity index (χ4v) is 5.71. The molecule has 2 heterocycles. The molecule has 0 saturated carbocycles. The normalized spacial score (nSPS) is 24.7. The molecule has 2 aromatic carbocycles. The molecule has 0 amide bonds. The molecule has 2 aromatic rings. The Kier molecular flexibility index (Phi) is 4.82. The number of fused-ring (bicyclic) bond motifs is 2. The highest BCUT2D eigenvalue weighted by Crippen LogP contribution is 2.46. The SMILES string of the molecule is O=C1CC2(CCN(C[C@@H]3CCN(Cc4ccccc4)C3)CC2)c2ccccc21. The minimum absolute atomic E-state index is 0.124. The summed E-state index contributed by atoms with van der Waals surface area (Å²) in [6.07, 6.45) is 4.32. The third-order valence-corrected chi connectivity index (χ3v) is 7.25. The second-order valence-corrected chi connectivity index (χ2v) is 9.10. The molecule has 28 heavy (non-hydrogen) atoms. The van der Waals surface area contributed by atoms with E-state index in [9.17, 15) is 4.79 Å². The van der Waals surface area contributed by atoms with Crippen LogP contribution in [0.2, 0.25) is 0 Å². The molecule has 146 valence electrons. The van der Waals surface area contributed by atoms with Crippen LogP contribution in [0.4, 0.5) is 0 Å². The summed E-state index contributed by atoms with van der Waals surface area (Å²) in [7, 11) is 0. The van der Waals surface area contributed by atoms with Gasteiger partial charge in [-0.25, -0.2) is 0 Å². The lowest BCUT2D eigenvalue weighted by Gasteiger charge is -2.40. The van der Waals surface area contributed by atoms with Crippen LogP contribution in [0.5, 0.6) is 0 Å². The number of likely N-dealkylation sites (tertiary alicyclic amines) is 2. The van der Waals surface area contributed by atoms with Crippen molar-refractivity contribution in [3.05, 3.63) is 71.3 Å². The number of hydrogen-bond donors (Lipinski definition) is 0. The van der Waals surface area contributed by atoms with Gasteiger partial charge in [-0.2, -0.15) is 0 Å². The predicted octanol–water partition coefficient (Wildman–Crippen LogP) is 4.13. The van der Waals surface area contributed by atoms with Gasteiger partial charge < -0.3 is 4.90 Å². The second kappa shape index (κ2) is 7.46. The molecule has 2 saturated heterocycles. The smallest absolute Gasteiger partial charge is 0.164 e. The minimum atomic E-state index is 0.124. The summed E-state index contributed by atoms with van der Waals surface area (Å²) in [6, 6.07) is 19.2. The molecular weight excluding hydrogens is 344 g/mol. The van der Waals surface area contributed by atoms with E-state index in [4.69, 9.17) is 0 Å². The molecule has 0 N–H and O–H groups in total. The lowest BCUT2D eigenvalue weighted by Crippen LogP contribution is -2.43. The first-order valence-electron chi connectivity index (χ1n) is 10.8. The predicted molar refractivity (Wildman–Crippen MR) is 113 cm³/mol. The van der Waals surface area contributed by atoms with E-state index >= 15 is 0 Å². The minimum Gasteiger partial charge on any atom is -0.303 e. The lowest BCUT2D eigenvalue weighted by molar-refractivity contribution is 0.0924. The summed E-state index contributed by atoms with van der Waals surface area (Å²) in [4.78, 5) is 17.7. The quantitative estimate of drug-likeness (QED) is 0.804. The molecular formula is C25H30N2O. The summed E-state index contributed by atoms with van der Waals surface area (Å²) in [5.41, 5.74) is 3.87. The Bertz CT molecular complexity index is 839. The Morgan fingerprint density at radius 1 is 0.893 bits per heavy atom. The van der Waals surface area contributed by atoms with Crippen LogP contribution in [-0.4, -0.2) is 48.3 Å². The zero-order chi connectivity index (χ0) is 19.0. The molecule has 2 fully saturated rings. The summed E-state index contributed by atoms with van der Waals surface area (Å²) in [6.45, 7) is 7.01. The fourth-order valence-electron chi connectivity index (χ4n) is 5.71. The Morgan fingerprint density at radius 3 is 2.46 bits per heavy atom. The van der Waals surface area contributed by atoms with Crippen LogP contribution < -0.4 is 0 Å². The number of ketones is 1. The standard InChI is InChI=1S/C25H30N2O/c28-24-16-25(23-9-5-4-8-22(23)24)11-14-26(15-12-25)18-21-10-13-27(19-21)17-20-6-2-1-3-7-20/h1-9,21H,10-19H2/t21-/m0/s1. The second-order valence-electron chi connectivity index (χ2n) is 9.10. The van der Waals surface area contributed by atoms with Gasteiger partial charge in [-0.15, -0.1) is 0 Å². The molecule has 5 rings (SSSR count). The van der Waals surface area contributed by atoms with Crippen molar-refractivity contribution < 1.29 is 4.79 Å². The molecule has 1 atom stereocenters. The van der Waals surface area contributed by atoms with E-state index in [0.29, 0.717) is 5.78 Å². The van der Waals surface area contributed by atoms with Gasteiger partial charge in [0.15, 0.2) is 5.78 Å². The van der Waals surface area contributed by atoms with Crippen LogP contribution in [0, 0.1) is 5.92 Å². The van der Waals surface area contributed by atoms with Gasteiger partial charge in [0.2, 0.25) is 0 Å². The van der Waals surface area contributed by atoms with Crippen molar-refractivity contribution in [3.63, 3.8) is 0 Å². The molecule has 0 aromatic heterocycles. The number of nitrogens with zero attached hydrogens (tertiary/aromatic N) is 2. The van der Waals surface area contributed by atoms with E-state index in [1.807, 2.05) is 12.1 Å². The van der Waals surface area contributed by atoms with Gasteiger partial charge in [0.1, 0.15) is 0 Å². The molecule has 0 bridgehead atoms. The van der Waals surface area contributed by atoms with Gasteiger partial charge in [-0.05, 0) is 55.9 Å². The number of piperidine rings is 1. The van der Waals surface area contributed by atoms with Crippen molar-refractivity contribution in [2.45, 2.75) is 37.6 Å². The van der Waals surface area contributed by atoms with Crippen LogP contribution in [0.3, 0.4) is 0 Å². The maximum atomic E-state index is 12.5. The maximum absolute atomic E-state index is 12.5. The van der Waals surface area contributed by atoms with E-state index in [1.54, 1.807) is 0 Å². The van der Waals surface area contributed by atoms with Crippen molar-refractivity contribution >= 4 is 5.78 Å². The van der Waals surface area contributed by atoms with E-state index in [-0.39, 0.29) is 5.41 Å². The summed E-state index contributed by atoms with van der Waals surface area (Å²) in [5, 5.41) is 0. The highest BCUT2D eigenvalue weighted by Gasteiger charge is 2.45. The largest absolute Gasteiger partial charge is 0.303 e. The average Bonchev–Trinajstić information content (AvgIpc) is 3.27. The highest BCUT2D eigenvalue weighted by molar-refractivity contribution is 6.02. The molecule has 3 heteroatoms. The van der Waals surface area contributed by atoms with Gasteiger partial charge >= 0.3 is 0 Å². The Balaban J connectivity index is 1.15. The van der Waals surface area contributed by atoms with E-state index < -0.39 is 0 Å². The van der Waals surface area contributed by atoms with E-state index in [0.717, 1.165) is 50.4 Å². The van der Waals surface area contributed by atoms with Crippen molar-refractivity contribution in [3.8, 4) is 0 Å². The molecule has 3 nitrogen and oxygen atoms in total. The molecule has 2 aliphatic heterocycles. The third kappa shape index (κ3) is 3.42. The molecule has 0 unspecified atom stereocenters. The van der Waals surface area contributed by atoms with Crippen LogP contribution in [0.1, 0.15) is 47.2 Å². The van der Waals surface area contributed by atoms with E-state index in [1.165, 1.54) is 37.2 Å². The maximum Gasteiger partial charge on any atom is 0.164 e. The number of rotatable bonds is 4. The van der Waals surface area contributed by atoms with Crippen molar-refractivity contribution in [1.82, 2.24) is 9.80 Å². The Labute approximate surface area is 168 Å². The highest BCUT2D eigenvalue weighted by atomic mass is 16.1. The fraction of sp³-hybridized carbons (Fsp3) is 0.480. The zero-order valence-electron chi connectivity index (χ0n) is 16.6. The first-order valence-corrected chi connectivity index (χ1v) is 10.8. The van der Waals surface area contributed by atoms with Gasteiger partial charge in [0.25, 0.3) is 0 Å².